The Kier molecular flexibility index (Phi) is 5.35. The zero-order chi connectivity index (χ0) is 15.2. The van der Waals surface area contributed by atoms with E-state index in [2.05, 4.69) is 23.7 Å². The van der Waals surface area contributed by atoms with E-state index in [0.717, 1.165) is 6.42 Å². The Morgan fingerprint density at radius 3 is 2.95 bits per heavy atom. The number of nitrogens with zero attached hydrogens (tertiary/aromatic N) is 2. The Labute approximate surface area is 126 Å². The quantitative estimate of drug-likeness (QED) is 0.847. The standard InChI is InChI=1S/C17H22N2O2/c1-13-7-3-4-10-15(13)19(2)17(21)16-14(9-6-12-20)8-5-11-18-16/h5,8,11,13,15,20H,3-4,7,10,12H2,1-2H3. The van der Waals surface area contributed by atoms with Gasteiger partial charge in [-0.1, -0.05) is 31.6 Å². The van der Waals surface area contributed by atoms with Crippen LogP contribution in [0, 0.1) is 17.8 Å². The van der Waals surface area contributed by atoms with Crippen molar-refractivity contribution in [2.45, 2.75) is 38.6 Å². The number of aliphatic hydroxyl groups is 1. The van der Waals surface area contributed by atoms with Crippen molar-refractivity contribution < 1.29 is 9.90 Å². The molecule has 1 heterocycles. The van der Waals surface area contributed by atoms with Crippen molar-refractivity contribution in [3.63, 3.8) is 0 Å². The predicted molar refractivity (Wildman–Crippen MR) is 81.7 cm³/mol. The molecule has 1 N–H and O–H groups in total. The van der Waals surface area contributed by atoms with Gasteiger partial charge in [0.1, 0.15) is 12.3 Å². The SMILES string of the molecule is CC1CCCCC1N(C)C(=O)c1ncccc1C#CCO. The van der Waals surface area contributed by atoms with E-state index in [-0.39, 0.29) is 18.6 Å². The number of hydrogen-bond donors (Lipinski definition) is 1. The molecule has 2 atom stereocenters. The van der Waals surface area contributed by atoms with Crippen molar-refractivity contribution in [1.29, 1.82) is 0 Å². The molecule has 0 aromatic carbocycles. The second-order valence-corrected chi connectivity index (χ2v) is 5.60. The number of aromatic nitrogens is 1. The molecule has 4 nitrogen and oxygen atoms in total. The monoisotopic (exact) mass is 286 g/mol. The summed E-state index contributed by atoms with van der Waals surface area (Å²) in [4.78, 5) is 18.7. The molecule has 112 valence electrons. The average Bonchev–Trinajstić information content (AvgIpc) is 2.52. The van der Waals surface area contributed by atoms with E-state index < -0.39 is 0 Å². The van der Waals surface area contributed by atoms with Gasteiger partial charge < -0.3 is 10.0 Å². The molecule has 0 radical (unpaired) electrons. The third-order valence-corrected chi connectivity index (χ3v) is 4.20. The maximum Gasteiger partial charge on any atom is 0.273 e. The van der Waals surface area contributed by atoms with Gasteiger partial charge in [0.05, 0.1) is 5.56 Å². The predicted octanol–water partition coefficient (Wildman–Crippen LogP) is 2.08. The summed E-state index contributed by atoms with van der Waals surface area (Å²) >= 11 is 0. The van der Waals surface area contributed by atoms with Crippen molar-refractivity contribution in [2.24, 2.45) is 5.92 Å². The van der Waals surface area contributed by atoms with Gasteiger partial charge in [0, 0.05) is 19.3 Å². The number of carbonyl (C=O) groups is 1. The Bertz CT molecular complexity index is 559. The van der Waals surface area contributed by atoms with Crippen molar-refractivity contribution in [3.05, 3.63) is 29.6 Å². The number of aliphatic hydroxyl groups excluding tert-OH is 1. The fraction of sp³-hybridized carbons (Fsp3) is 0.529. The highest BCUT2D eigenvalue weighted by Crippen LogP contribution is 2.28. The fourth-order valence-electron chi connectivity index (χ4n) is 3.00. The third kappa shape index (κ3) is 3.62. The maximum atomic E-state index is 12.7. The van der Waals surface area contributed by atoms with Crippen LogP contribution in [0.3, 0.4) is 0 Å². The van der Waals surface area contributed by atoms with Crippen LogP contribution < -0.4 is 0 Å². The second-order valence-electron chi connectivity index (χ2n) is 5.60. The van der Waals surface area contributed by atoms with Gasteiger partial charge in [-0.05, 0) is 30.9 Å². The Morgan fingerprint density at radius 2 is 2.24 bits per heavy atom. The smallest absolute Gasteiger partial charge is 0.273 e. The molecular formula is C17H22N2O2. The van der Waals surface area contributed by atoms with Crippen molar-refractivity contribution in [3.8, 4) is 11.8 Å². The summed E-state index contributed by atoms with van der Waals surface area (Å²) in [5.41, 5.74) is 0.950. The van der Waals surface area contributed by atoms with Crippen LogP contribution in [0.2, 0.25) is 0 Å². The normalized spacial score (nSPS) is 21.3. The van der Waals surface area contributed by atoms with Gasteiger partial charge in [-0.2, -0.15) is 0 Å². The summed E-state index contributed by atoms with van der Waals surface area (Å²) in [5, 5.41) is 8.82. The van der Waals surface area contributed by atoms with E-state index in [1.54, 1.807) is 18.3 Å². The number of rotatable bonds is 2. The van der Waals surface area contributed by atoms with Crippen LogP contribution in [0.5, 0.6) is 0 Å². The van der Waals surface area contributed by atoms with E-state index in [1.165, 1.54) is 19.3 Å². The molecule has 1 aromatic rings. The lowest BCUT2D eigenvalue weighted by Crippen LogP contribution is -2.43. The van der Waals surface area contributed by atoms with Crippen LogP contribution in [0.4, 0.5) is 0 Å². The lowest BCUT2D eigenvalue weighted by Gasteiger charge is -2.36. The number of hydrogen-bond acceptors (Lipinski definition) is 3. The van der Waals surface area contributed by atoms with E-state index in [9.17, 15) is 4.79 Å². The first-order valence-electron chi connectivity index (χ1n) is 7.47. The van der Waals surface area contributed by atoms with Crippen LogP contribution in [0.1, 0.15) is 48.7 Å². The Hall–Kier alpha value is -1.86. The summed E-state index contributed by atoms with van der Waals surface area (Å²) < 4.78 is 0. The topological polar surface area (TPSA) is 53.4 Å². The summed E-state index contributed by atoms with van der Waals surface area (Å²) in [7, 11) is 1.85. The summed E-state index contributed by atoms with van der Waals surface area (Å²) in [6.07, 6.45) is 6.24. The molecule has 21 heavy (non-hydrogen) atoms. The van der Waals surface area contributed by atoms with Gasteiger partial charge in [-0.3, -0.25) is 4.79 Å². The van der Waals surface area contributed by atoms with E-state index in [4.69, 9.17) is 5.11 Å². The van der Waals surface area contributed by atoms with E-state index >= 15 is 0 Å². The van der Waals surface area contributed by atoms with Gasteiger partial charge in [-0.15, -0.1) is 0 Å². The highest BCUT2D eigenvalue weighted by Gasteiger charge is 2.29. The van der Waals surface area contributed by atoms with Crippen LogP contribution in [0.15, 0.2) is 18.3 Å². The highest BCUT2D eigenvalue weighted by atomic mass is 16.2. The Balaban J connectivity index is 2.23. The second kappa shape index (κ2) is 7.24. The zero-order valence-electron chi connectivity index (χ0n) is 12.7. The molecular weight excluding hydrogens is 264 g/mol. The highest BCUT2D eigenvalue weighted by molar-refractivity contribution is 5.94. The molecule has 1 aliphatic rings. The minimum Gasteiger partial charge on any atom is -0.384 e. The Morgan fingerprint density at radius 1 is 1.48 bits per heavy atom. The van der Waals surface area contributed by atoms with Gasteiger partial charge >= 0.3 is 0 Å². The van der Waals surface area contributed by atoms with Crippen molar-refractivity contribution in [2.75, 3.05) is 13.7 Å². The average molecular weight is 286 g/mol. The number of amides is 1. The van der Waals surface area contributed by atoms with Crippen molar-refractivity contribution >= 4 is 5.91 Å². The summed E-state index contributed by atoms with van der Waals surface area (Å²) in [6, 6.07) is 3.79. The molecule has 1 saturated carbocycles. The molecule has 2 unspecified atom stereocenters. The van der Waals surface area contributed by atoms with Crippen LogP contribution in [-0.4, -0.2) is 40.6 Å². The van der Waals surface area contributed by atoms with Crippen molar-refractivity contribution in [1.82, 2.24) is 9.88 Å². The first-order chi connectivity index (χ1) is 10.1. The molecule has 0 aliphatic heterocycles. The van der Waals surface area contributed by atoms with E-state index in [0.29, 0.717) is 17.2 Å². The van der Waals surface area contributed by atoms with Gasteiger partial charge in [0.25, 0.3) is 5.91 Å². The number of carbonyl (C=O) groups excluding carboxylic acids is 1. The molecule has 0 spiro atoms. The van der Waals surface area contributed by atoms with Crippen LogP contribution in [-0.2, 0) is 0 Å². The fourth-order valence-corrected chi connectivity index (χ4v) is 3.00. The van der Waals surface area contributed by atoms with Gasteiger partial charge in [-0.25, -0.2) is 4.98 Å². The zero-order valence-corrected chi connectivity index (χ0v) is 12.7. The summed E-state index contributed by atoms with van der Waals surface area (Å²) in [6.45, 7) is 1.98. The minimum absolute atomic E-state index is 0.0865. The lowest BCUT2D eigenvalue weighted by molar-refractivity contribution is 0.0623. The molecule has 0 saturated heterocycles. The van der Waals surface area contributed by atoms with E-state index in [1.807, 2.05) is 11.9 Å². The minimum atomic E-state index is -0.224. The molecule has 0 bridgehead atoms. The van der Waals surface area contributed by atoms with Gasteiger partial charge in [0.15, 0.2) is 0 Å². The molecule has 2 rings (SSSR count). The maximum absolute atomic E-state index is 12.7. The lowest BCUT2D eigenvalue weighted by atomic mass is 9.85. The third-order valence-electron chi connectivity index (χ3n) is 4.20. The van der Waals surface area contributed by atoms with Crippen LogP contribution in [0.25, 0.3) is 0 Å². The first-order valence-corrected chi connectivity index (χ1v) is 7.47. The number of pyridine rings is 1. The largest absolute Gasteiger partial charge is 0.384 e. The molecule has 1 amide bonds. The van der Waals surface area contributed by atoms with Gasteiger partial charge in [0.2, 0.25) is 0 Å². The molecule has 1 fully saturated rings. The molecule has 1 aromatic heterocycles. The molecule has 1 aliphatic carbocycles. The summed E-state index contributed by atoms with van der Waals surface area (Å²) in [5.74, 6) is 5.82. The van der Waals surface area contributed by atoms with Crippen LogP contribution >= 0.6 is 0 Å². The first kappa shape index (κ1) is 15.5. The molecule has 4 heteroatoms.